The summed E-state index contributed by atoms with van der Waals surface area (Å²) in [6, 6.07) is 0. The first kappa shape index (κ1) is 34.8. The number of alkyl halides is 19. The summed E-state index contributed by atoms with van der Waals surface area (Å²) in [4.78, 5) is 16.5. The van der Waals surface area contributed by atoms with Crippen molar-refractivity contribution in [3.8, 4) is 0 Å². The molecule has 36 heavy (non-hydrogen) atoms. The average Bonchev–Trinajstić information content (AvgIpc) is 2.57. The van der Waals surface area contributed by atoms with Crippen LogP contribution in [-0.4, -0.2) is 69.4 Å². The summed E-state index contributed by atoms with van der Waals surface area (Å²) in [6.45, 7) is -0.0398. The highest BCUT2D eigenvalue weighted by Crippen LogP contribution is 2.65. The van der Waals surface area contributed by atoms with Gasteiger partial charge in [-0.25, -0.2) is 4.57 Å². The van der Waals surface area contributed by atoms with E-state index in [9.17, 15) is 88.0 Å². The zero-order valence-electron chi connectivity index (χ0n) is 16.1. The third-order valence-electron chi connectivity index (χ3n) is 4.04. The van der Waals surface area contributed by atoms with Crippen LogP contribution in [0.5, 0.6) is 0 Å². The molecule has 24 heteroatoms. The zero-order valence-corrected chi connectivity index (χ0v) is 17.0. The minimum atomic E-state index is -9.03. The maximum atomic E-state index is 13.6. The Morgan fingerprint density at radius 3 is 1.06 bits per heavy atom. The number of hydrogen-bond acceptors (Lipinski definition) is 2. The van der Waals surface area contributed by atoms with E-state index in [4.69, 9.17) is 9.79 Å². The Morgan fingerprint density at radius 2 is 0.806 bits per heavy atom. The van der Waals surface area contributed by atoms with E-state index in [-0.39, 0.29) is 6.92 Å². The molecule has 0 rings (SSSR count). The van der Waals surface area contributed by atoms with E-state index >= 15 is 0 Å². The van der Waals surface area contributed by atoms with Crippen molar-refractivity contribution < 1.29 is 102 Å². The van der Waals surface area contributed by atoms with Crippen molar-refractivity contribution in [3.05, 3.63) is 0 Å². The molecule has 0 amide bonds. The van der Waals surface area contributed by atoms with Gasteiger partial charge in [-0.1, -0.05) is 0 Å². The molecule has 0 aliphatic heterocycles. The topological polar surface area (TPSA) is 66.8 Å². The van der Waals surface area contributed by atoms with Gasteiger partial charge in [-0.05, 0) is 6.92 Å². The smallest absolute Gasteiger partial charge is 0.303 e. The largest absolute Gasteiger partial charge is 0.469 e. The monoisotopic (exact) mass is 608 g/mol. The average molecular weight is 608 g/mol. The maximum Gasteiger partial charge on any atom is 0.469 e. The third kappa shape index (κ3) is 5.07. The minimum Gasteiger partial charge on any atom is -0.303 e. The van der Waals surface area contributed by atoms with Crippen molar-refractivity contribution in [2.45, 2.75) is 73.0 Å². The quantitative estimate of drug-likeness (QED) is 0.207. The van der Waals surface area contributed by atoms with Crippen LogP contribution in [0.4, 0.5) is 83.4 Å². The molecule has 0 bridgehead atoms. The van der Waals surface area contributed by atoms with Crippen LogP contribution in [0, 0.1) is 0 Å². The Bertz CT molecular complexity index is 844. The molecule has 0 aromatic rings. The van der Waals surface area contributed by atoms with Crippen molar-refractivity contribution in [2.24, 2.45) is 0 Å². The molecular weight excluding hydrogens is 600 g/mol. The lowest BCUT2D eigenvalue weighted by Gasteiger charge is -2.44. The van der Waals surface area contributed by atoms with E-state index in [1.165, 1.54) is 0 Å². The molecule has 0 aromatic carbocycles. The number of phosphoric acid groups is 1. The van der Waals surface area contributed by atoms with Crippen LogP contribution in [0.1, 0.15) is 13.3 Å². The van der Waals surface area contributed by atoms with Gasteiger partial charge in [-0.3, -0.25) is 4.52 Å². The summed E-state index contributed by atoms with van der Waals surface area (Å²) in [6.07, 6.45) is -14.2. The number of phosphoric ester groups is 1. The van der Waals surface area contributed by atoms with Crippen LogP contribution in [0.3, 0.4) is 0 Å². The normalized spacial score (nSPS) is 17.4. The van der Waals surface area contributed by atoms with Crippen LogP contribution >= 0.6 is 7.82 Å². The fourth-order valence-corrected chi connectivity index (χ4v) is 2.70. The molecule has 0 spiro atoms. The Hall–Kier alpha value is -1.22. The van der Waals surface area contributed by atoms with E-state index in [2.05, 4.69) is 4.52 Å². The van der Waals surface area contributed by atoms with Crippen LogP contribution in [0.15, 0.2) is 0 Å². The summed E-state index contributed by atoms with van der Waals surface area (Å²) in [5, 5.41) is 0. The second kappa shape index (κ2) is 8.92. The lowest BCUT2D eigenvalue weighted by molar-refractivity contribution is -0.469. The molecule has 1 atom stereocenters. The SMILES string of the molecule is CC(CC(F)(F)C(F)(F)C(F)(F)C(F)(F)C(F)(F)C(F)(F)C(F)(F)C(F)(F)C(F)(F)F)OP(=O)(O)O. The van der Waals surface area contributed by atoms with Crippen molar-refractivity contribution in [2.75, 3.05) is 0 Å². The summed E-state index contributed by atoms with van der Waals surface area (Å²) in [5.74, 6) is -67.7. The van der Waals surface area contributed by atoms with E-state index in [1.807, 2.05) is 0 Å². The zero-order chi connectivity index (χ0) is 30.0. The highest BCUT2D eigenvalue weighted by molar-refractivity contribution is 7.46. The third-order valence-corrected chi connectivity index (χ3v) is 4.68. The van der Waals surface area contributed by atoms with Crippen molar-refractivity contribution in [1.29, 1.82) is 0 Å². The lowest BCUT2D eigenvalue weighted by Crippen LogP contribution is -2.75. The first-order chi connectivity index (χ1) is 15.1. The van der Waals surface area contributed by atoms with Gasteiger partial charge < -0.3 is 9.79 Å². The van der Waals surface area contributed by atoms with Gasteiger partial charge >= 0.3 is 61.4 Å². The summed E-state index contributed by atoms with van der Waals surface area (Å²) < 4.78 is 263. The second-order valence-corrected chi connectivity index (χ2v) is 8.03. The van der Waals surface area contributed by atoms with Crippen LogP contribution < -0.4 is 0 Å². The molecule has 0 heterocycles. The van der Waals surface area contributed by atoms with Gasteiger partial charge in [-0.2, -0.15) is 83.4 Å². The standard InChI is InChI=1S/C12H8F19O4P/c1-3(35-36(32,33)34)2-4(13,14)5(15,16)6(17,18)7(19,20)8(21,22)9(23,24)10(25,26)11(27,28)12(29,30)31/h3H,2H2,1H3,(H2,32,33,34). The van der Waals surface area contributed by atoms with E-state index in [0.29, 0.717) is 0 Å². The van der Waals surface area contributed by atoms with Crippen LogP contribution in [-0.2, 0) is 9.09 Å². The Balaban J connectivity index is 6.76. The Labute approximate surface area is 184 Å². The lowest BCUT2D eigenvalue weighted by atomic mass is 9.86. The fourth-order valence-electron chi connectivity index (χ4n) is 2.15. The van der Waals surface area contributed by atoms with Gasteiger partial charge in [0.25, 0.3) is 0 Å². The molecule has 0 aliphatic rings. The molecule has 4 nitrogen and oxygen atoms in total. The summed E-state index contributed by atoms with van der Waals surface area (Å²) >= 11 is 0. The van der Waals surface area contributed by atoms with E-state index in [0.717, 1.165) is 0 Å². The molecule has 0 saturated heterocycles. The van der Waals surface area contributed by atoms with Gasteiger partial charge in [-0.15, -0.1) is 0 Å². The molecule has 0 aliphatic carbocycles. The van der Waals surface area contributed by atoms with Crippen LogP contribution in [0.2, 0.25) is 0 Å². The predicted octanol–water partition coefficient (Wildman–Crippen LogP) is 6.52. The molecule has 0 aromatic heterocycles. The molecule has 1 unspecified atom stereocenters. The van der Waals surface area contributed by atoms with Crippen molar-refractivity contribution in [1.82, 2.24) is 0 Å². The van der Waals surface area contributed by atoms with Gasteiger partial charge in [0.1, 0.15) is 0 Å². The number of hydrogen-bond donors (Lipinski definition) is 2. The minimum absolute atomic E-state index is 0.0398. The van der Waals surface area contributed by atoms with E-state index < -0.39 is 73.9 Å². The molecule has 0 radical (unpaired) electrons. The molecule has 0 fully saturated rings. The molecule has 218 valence electrons. The first-order valence-electron chi connectivity index (χ1n) is 7.93. The van der Waals surface area contributed by atoms with Gasteiger partial charge in [0.05, 0.1) is 6.10 Å². The van der Waals surface area contributed by atoms with Gasteiger partial charge in [0.2, 0.25) is 0 Å². The van der Waals surface area contributed by atoms with E-state index in [1.54, 1.807) is 0 Å². The Kier molecular flexibility index (Phi) is 8.62. The van der Waals surface area contributed by atoms with Gasteiger partial charge in [0, 0.05) is 6.42 Å². The summed E-state index contributed by atoms with van der Waals surface area (Å²) in [5.41, 5.74) is 0. The van der Waals surface area contributed by atoms with Gasteiger partial charge in [0.15, 0.2) is 0 Å². The molecule has 0 saturated carbocycles. The second-order valence-electron chi connectivity index (χ2n) is 6.83. The number of rotatable bonds is 11. The van der Waals surface area contributed by atoms with Crippen molar-refractivity contribution >= 4 is 7.82 Å². The fraction of sp³-hybridized carbons (Fsp3) is 1.00. The molecular formula is C12H8F19O4P. The molecule has 2 N–H and O–H groups in total. The van der Waals surface area contributed by atoms with Crippen molar-refractivity contribution in [3.63, 3.8) is 0 Å². The predicted molar refractivity (Wildman–Crippen MR) is 72.8 cm³/mol. The highest BCUT2D eigenvalue weighted by Gasteiger charge is 2.96. The maximum absolute atomic E-state index is 13.6. The van der Waals surface area contributed by atoms with Crippen LogP contribution in [0.25, 0.3) is 0 Å². The number of halogens is 19. The highest BCUT2D eigenvalue weighted by atomic mass is 31.2. The Morgan fingerprint density at radius 1 is 0.556 bits per heavy atom. The first-order valence-corrected chi connectivity index (χ1v) is 9.46. The summed E-state index contributed by atoms with van der Waals surface area (Å²) in [7, 11) is -5.91.